The molecular weight excluding hydrogens is 236 g/mol. The second-order valence-electron chi connectivity index (χ2n) is 5.41. The van der Waals surface area contributed by atoms with Gasteiger partial charge in [-0.3, -0.25) is 4.79 Å². The largest absolute Gasteiger partial charge is 0.354 e. The van der Waals surface area contributed by atoms with Gasteiger partial charge < -0.3 is 11.1 Å². The van der Waals surface area contributed by atoms with Gasteiger partial charge in [-0.25, -0.2) is 0 Å². The van der Waals surface area contributed by atoms with E-state index in [1.54, 1.807) is 13.8 Å². The van der Waals surface area contributed by atoms with Gasteiger partial charge in [0.1, 0.15) is 0 Å². The van der Waals surface area contributed by atoms with E-state index in [2.05, 4.69) is 35.6 Å². The van der Waals surface area contributed by atoms with Gasteiger partial charge in [0.15, 0.2) is 0 Å². The fourth-order valence-corrected chi connectivity index (χ4v) is 1.94. The standard InChI is InChI=1S/C16H20N2O/c1-16(2,17)15(19)18-10-9-12-7-8-13-5-3-4-6-14(13)11-12/h3-8,11H,9-10,17H2,1-2H3,(H,18,19). The van der Waals surface area contributed by atoms with Crippen LogP contribution in [0.4, 0.5) is 0 Å². The lowest BCUT2D eigenvalue weighted by molar-refractivity contribution is -0.125. The summed E-state index contributed by atoms with van der Waals surface area (Å²) < 4.78 is 0. The second kappa shape index (κ2) is 5.41. The summed E-state index contributed by atoms with van der Waals surface area (Å²) in [6, 6.07) is 14.6. The Morgan fingerprint density at radius 2 is 1.84 bits per heavy atom. The van der Waals surface area contributed by atoms with Gasteiger partial charge in [0, 0.05) is 6.54 Å². The molecule has 0 aliphatic heterocycles. The third-order valence-electron chi connectivity index (χ3n) is 3.10. The molecular formula is C16H20N2O. The number of hydrogen-bond acceptors (Lipinski definition) is 2. The highest BCUT2D eigenvalue weighted by Crippen LogP contribution is 2.15. The summed E-state index contributed by atoms with van der Waals surface area (Å²) in [4.78, 5) is 11.6. The summed E-state index contributed by atoms with van der Waals surface area (Å²) in [5.74, 6) is -0.117. The third kappa shape index (κ3) is 3.55. The van der Waals surface area contributed by atoms with Gasteiger partial charge >= 0.3 is 0 Å². The number of benzene rings is 2. The van der Waals surface area contributed by atoms with Crippen molar-refractivity contribution in [2.24, 2.45) is 5.73 Å². The van der Waals surface area contributed by atoms with Crippen LogP contribution in [0.2, 0.25) is 0 Å². The number of carbonyl (C=O) groups excluding carboxylic acids is 1. The zero-order chi connectivity index (χ0) is 13.9. The SMILES string of the molecule is CC(C)(N)C(=O)NCCc1ccc2ccccc2c1. The van der Waals surface area contributed by atoms with E-state index in [-0.39, 0.29) is 5.91 Å². The molecule has 3 N–H and O–H groups in total. The summed E-state index contributed by atoms with van der Waals surface area (Å²) in [5.41, 5.74) is 6.12. The Labute approximate surface area is 113 Å². The highest BCUT2D eigenvalue weighted by Gasteiger charge is 2.20. The monoisotopic (exact) mass is 256 g/mol. The Hall–Kier alpha value is -1.87. The summed E-state index contributed by atoms with van der Waals surface area (Å²) in [7, 11) is 0. The number of hydrogen-bond donors (Lipinski definition) is 2. The minimum Gasteiger partial charge on any atom is -0.354 e. The normalized spacial score (nSPS) is 11.5. The van der Waals surface area contributed by atoms with E-state index in [4.69, 9.17) is 5.73 Å². The van der Waals surface area contributed by atoms with Crippen LogP contribution in [0.1, 0.15) is 19.4 Å². The molecule has 0 heterocycles. The van der Waals surface area contributed by atoms with E-state index in [0.717, 1.165) is 6.42 Å². The van der Waals surface area contributed by atoms with E-state index in [9.17, 15) is 4.79 Å². The zero-order valence-corrected chi connectivity index (χ0v) is 11.4. The average Bonchev–Trinajstić information content (AvgIpc) is 2.37. The number of fused-ring (bicyclic) bond motifs is 1. The van der Waals surface area contributed by atoms with E-state index >= 15 is 0 Å². The first-order chi connectivity index (χ1) is 8.97. The van der Waals surface area contributed by atoms with Crippen LogP contribution < -0.4 is 11.1 Å². The fourth-order valence-electron chi connectivity index (χ4n) is 1.94. The van der Waals surface area contributed by atoms with E-state index in [1.807, 2.05) is 12.1 Å². The number of carbonyl (C=O) groups is 1. The Kier molecular flexibility index (Phi) is 3.86. The molecule has 2 aromatic rings. The molecule has 19 heavy (non-hydrogen) atoms. The Morgan fingerprint density at radius 1 is 1.16 bits per heavy atom. The van der Waals surface area contributed by atoms with Crippen molar-refractivity contribution >= 4 is 16.7 Å². The fraction of sp³-hybridized carbons (Fsp3) is 0.312. The molecule has 2 aromatic carbocycles. The van der Waals surface area contributed by atoms with Crippen molar-refractivity contribution in [3.63, 3.8) is 0 Å². The summed E-state index contributed by atoms with van der Waals surface area (Å²) in [6.45, 7) is 4.02. The summed E-state index contributed by atoms with van der Waals surface area (Å²) in [6.07, 6.45) is 0.812. The topological polar surface area (TPSA) is 55.1 Å². The molecule has 0 unspecified atom stereocenters. The van der Waals surface area contributed by atoms with Gasteiger partial charge in [0.2, 0.25) is 5.91 Å². The predicted octanol–water partition coefficient (Wildman–Crippen LogP) is 2.24. The first kappa shape index (κ1) is 13.6. The van der Waals surface area contributed by atoms with E-state index in [1.165, 1.54) is 16.3 Å². The maximum Gasteiger partial charge on any atom is 0.239 e. The second-order valence-corrected chi connectivity index (χ2v) is 5.41. The molecule has 0 bridgehead atoms. The first-order valence-electron chi connectivity index (χ1n) is 6.52. The summed E-state index contributed by atoms with van der Waals surface area (Å²) >= 11 is 0. The van der Waals surface area contributed by atoms with E-state index < -0.39 is 5.54 Å². The maximum absolute atomic E-state index is 11.6. The molecule has 0 aliphatic rings. The quantitative estimate of drug-likeness (QED) is 0.881. The molecule has 100 valence electrons. The van der Waals surface area contributed by atoms with Crippen LogP contribution in [0.5, 0.6) is 0 Å². The number of amides is 1. The Bertz CT molecular complexity index is 585. The molecule has 0 radical (unpaired) electrons. The third-order valence-corrected chi connectivity index (χ3v) is 3.10. The van der Waals surface area contributed by atoms with Gasteiger partial charge in [0.05, 0.1) is 5.54 Å². The van der Waals surface area contributed by atoms with Crippen molar-refractivity contribution in [2.45, 2.75) is 25.8 Å². The summed E-state index contributed by atoms with van der Waals surface area (Å²) in [5, 5.41) is 5.32. The van der Waals surface area contributed by atoms with Crippen LogP contribution in [0.3, 0.4) is 0 Å². The van der Waals surface area contributed by atoms with Crippen molar-refractivity contribution in [2.75, 3.05) is 6.54 Å². The van der Waals surface area contributed by atoms with Gasteiger partial charge in [-0.2, -0.15) is 0 Å². The van der Waals surface area contributed by atoms with Crippen molar-refractivity contribution in [1.82, 2.24) is 5.32 Å². The van der Waals surface area contributed by atoms with Crippen LogP contribution in [0.25, 0.3) is 10.8 Å². The molecule has 0 spiro atoms. The zero-order valence-electron chi connectivity index (χ0n) is 11.4. The van der Waals surface area contributed by atoms with E-state index in [0.29, 0.717) is 6.54 Å². The average molecular weight is 256 g/mol. The molecule has 3 nitrogen and oxygen atoms in total. The van der Waals surface area contributed by atoms with Crippen LogP contribution in [-0.2, 0) is 11.2 Å². The first-order valence-corrected chi connectivity index (χ1v) is 6.52. The highest BCUT2D eigenvalue weighted by molar-refractivity contribution is 5.85. The van der Waals surface area contributed by atoms with Crippen LogP contribution in [0, 0.1) is 0 Å². The van der Waals surface area contributed by atoms with Gasteiger partial charge in [-0.15, -0.1) is 0 Å². The smallest absolute Gasteiger partial charge is 0.239 e. The predicted molar refractivity (Wildman–Crippen MR) is 78.9 cm³/mol. The molecule has 2 rings (SSSR count). The Morgan fingerprint density at radius 3 is 2.53 bits per heavy atom. The van der Waals surface area contributed by atoms with Gasteiger partial charge in [-0.05, 0) is 36.6 Å². The van der Waals surface area contributed by atoms with Crippen molar-refractivity contribution in [3.8, 4) is 0 Å². The number of nitrogens with one attached hydrogen (secondary N) is 1. The molecule has 0 aliphatic carbocycles. The van der Waals surface area contributed by atoms with Gasteiger partial charge in [-0.1, -0.05) is 42.5 Å². The van der Waals surface area contributed by atoms with Gasteiger partial charge in [0.25, 0.3) is 0 Å². The van der Waals surface area contributed by atoms with Crippen molar-refractivity contribution in [3.05, 3.63) is 48.0 Å². The molecule has 0 fully saturated rings. The van der Waals surface area contributed by atoms with Crippen LogP contribution in [-0.4, -0.2) is 18.0 Å². The van der Waals surface area contributed by atoms with Crippen molar-refractivity contribution in [1.29, 1.82) is 0 Å². The number of nitrogens with two attached hydrogens (primary N) is 1. The Balaban J connectivity index is 1.97. The highest BCUT2D eigenvalue weighted by atomic mass is 16.2. The molecule has 0 saturated heterocycles. The molecule has 3 heteroatoms. The molecule has 0 aromatic heterocycles. The molecule has 0 saturated carbocycles. The van der Waals surface area contributed by atoms with Crippen molar-refractivity contribution < 1.29 is 4.79 Å². The van der Waals surface area contributed by atoms with Crippen LogP contribution >= 0.6 is 0 Å². The molecule has 0 atom stereocenters. The lowest BCUT2D eigenvalue weighted by Gasteiger charge is -2.17. The van der Waals surface area contributed by atoms with Crippen LogP contribution in [0.15, 0.2) is 42.5 Å². The lowest BCUT2D eigenvalue weighted by atomic mass is 10.0. The number of rotatable bonds is 4. The lowest BCUT2D eigenvalue weighted by Crippen LogP contribution is -2.49. The minimum atomic E-state index is -0.816. The maximum atomic E-state index is 11.6. The molecule has 1 amide bonds. The minimum absolute atomic E-state index is 0.117.